The Kier molecular flexibility index (Phi) is 10.9. The van der Waals surface area contributed by atoms with E-state index in [-0.39, 0.29) is 32.3 Å². The van der Waals surface area contributed by atoms with Crippen LogP contribution in [0.1, 0.15) is 60.3 Å². The molecule has 1 aliphatic rings. The lowest BCUT2D eigenvalue weighted by Crippen LogP contribution is -2.67. The van der Waals surface area contributed by atoms with Crippen LogP contribution in [0.25, 0.3) is 0 Å². The Morgan fingerprint density at radius 1 is 0.742 bits per heavy atom. The van der Waals surface area contributed by atoms with Crippen molar-refractivity contribution in [2.45, 2.75) is 90.9 Å². The molecule has 176 valence electrons. The summed E-state index contributed by atoms with van der Waals surface area (Å²) in [5, 5.41) is 2.54. The van der Waals surface area contributed by atoms with Crippen molar-refractivity contribution in [3.8, 4) is 0 Å². The molecule has 1 heterocycles. The molecule has 1 amide bonds. The second-order valence-electron chi connectivity index (χ2n) is 6.77. The van der Waals surface area contributed by atoms with Gasteiger partial charge in [-0.15, -0.1) is 0 Å². The number of rotatable bonds is 10. The summed E-state index contributed by atoms with van der Waals surface area (Å²) in [5.74, 6) is -2.93. The maximum absolute atomic E-state index is 12.1. The number of hydrogen-bond acceptors (Lipinski definition) is 10. The number of hydrogen-bond donors (Lipinski definition) is 1. The molecule has 11 heteroatoms. The third-order valence-corrected chi connectivity index (χ3v) is 4.36. The van der Waals surface area contributed by atoms with Crippen LogP contribution in [0.2, 0.25) is 0 Å². The van der Waals surface area contributed by atoms with Crippen molar-refractivity contribution in [2.75, 3.05) is 6.61 Å². The van der Waals surface area contributed by atoms with Gasteiger partial charge in [-0.25, -0.2) is 0 Å². The van der Waals surface area contributed by atoms with Crippen molar-refractivity contribution in [1.82, 2.24) is 5.32 Å². The molecule has 0 bridgehead atoms. The fourth-order valence-corrected chi connectivity index (χ4v) is 2.77. The number of esters is 4. The third-order valence-electron chi connectivity index (χ3n) is 4.36. The molecule has 0 aromatic heterocycles. The Balaban J connectivity index is 3.37. The largest absolute Gasteiger partial charge is 0.463 e. The molecule has 2 unspecified atom stereocenters. The molecule has 0 aliphatic carbocycles. The molecule has 5 atom stereocenters. The summed E-state index contributed by atoms with van der Waals surface area (Å²) in [4.78, 5) is 59.5. The topological polar surface area (TPSA) is 144 Å². The van der Waals surface area contributed by atoms with Crippen molar-refractivity contribution < 1.29 is 47.7 Å². The van der Waals surface area contributed by atoms with Crippen LogP contribution in [-0.2, 0) is 47.7 Å². The van der Waals surface area contributed by atoms with E-state index in [9.17, 15) is 24.0 Å². The minimum absolute atomic E-state index is 0.00743. The molecular formula is C20H31NO10. The Morgan fingerprint density at radius 2 is 1.23 bits per heavy atom. The average Bonchev–Trinajstić information content (AvgIpc) is 2.75. The van der Waals surface area contributed by atoms with E-state index >= 15 is 0 Å². The highest BCUT2D eigenvalue weighted by atomic mass is 16.7. The first-order valence-corrected chi connectivity index (χ1v) is 10.3. The van der Waals surface area contributed by atoms with Crippen LogP contribution in [0.5, 0.6) is 0 Å². The standard InChI is InChI=1S/C20H31NO10/c1-6-13(23)27-10-12-18(29-14(24)7-2)19(30-15(25)8-3)17(21-11(5)22)20(28-12)31-16(26)9-4/h12,17-20H,6-10H2,1-5H3,(H,21,22)/t12?,17-,18-,19?,20+/m1/s1. The van der Waals surface area contributed by atoms with Crippen molar-refractivity contribution in [1.29, 1.82) is 0 Å². The van der Waals surface area contributed by atoms with Gasteiger partial charge >= 0.3 is 23.9 Å². The van der Waals surface area contributed by atoms with Crippen LogP contribution in [0.4, 0.5) is 0 Å². The SMILES string of the molecule is CCC(=O)OCC1O[C@@H](OC(=O)CC)[C@H](NC(C)=O)C(OC(=O)CC)[C@@H]1OC(=O)CC. The lowest BCUT2D eigenvalue weighted by Gasteiger charge is -2.44. The first-order valence-electron chi connectivity index (χ1n) is 10.3. The normalized spacial score (nSPS) is 25.1. The second-order valence-corrected chi connectivity index (χ2v) is 6.77. The number of ether oxygens (including phenoxy) is 5. The summed E-state index contributed by atoms with van der Waals surface area (Å²) in [6, 6.07) is -1.16. The smallest absolute Gasteiger partial charge is 0.307 e. The van der Waals surface area contributed by atoms with Crippen LogP contribution < -0.4 is 5.32 Å². The molecule has 0 radical (unpaired) electrons. The minimum Gasteiger partial charge on any atom is -0.463 e. The fraction of sp³-hybridized carbons (Fsp3) is 0.750. The van der Waals surface area contributed by atoms with Crippen molar-refractivity contribution in [3.05, 3.63) is 0 Å². The van der Waals surface area contributed by atoms with E-state index in [2.05, 4.69) is 5.32 Å². The Morgan fingerprint density at radius 3 is 1.71 bits per heavy atom. The first-order chi connectivity index (χ1) is 14.7. The Bertz CT molecular complexity index is 664. The van der Waals surface area contributed by atoms with Gasteiger partial charge in [0.1, 0.15) is 18.8 Å². The zero-order valence-corrected chi connectivity index (χ0v) is 18.5. The van der Waals surface area contributed by atoms with E-state index in [0.717, 1.165) is 0 Å². The molecule has 0 aromatic carbocycles. The van der Waals surface area contributed by atoms with Gasteiger partial charge in [-0.3, -0.25) is 24.0 Å². The molecule has 0 saturated carbocycles. The summed E-state index contributed by atoms with van der Waals surface area (Å²) in [6.45, 7) is 7.18. The van der Waals surface area contributed by atoms with Crippen molar-refractivity contribution >= 4 is 29.8 Å². The summed E-state index contributed by atoms with van der Waals surface area (Å²) in [6.07, 6.45) is -4.80. The molecule has 1 N–H and O–H groups in total. The lowest BCUT2D eigenvalue weighted by molar-refractivity contribution is -0.272. The third kappa shape index (κ3) is 8.16. The van der Waals surface area contributed by atoms with E-state index in [1.165, 1.54) is 6.92 Å². The average molecular weight is 445 g/mol. The van der Waals surface area contributed by atoms with Crippen LogP contribution in [0.3, 0.4) is 0 Å². The zero-order chi connectivity index (χ0) is 23.6. The maximum atomic E-state index is 12.1. The quantitative estimate of drug-likeness (QED) is 0.378. The molecule has 1 saturated heterocycles. The summed E-state index contributed by atoms with van der Waals surface area (Å²) in [5.41, 5.74) is 0. The van der Waals surface area contributed by atoms with Gasteiger partial charge in [0.2, 0.25) is 12.2 Å². The Labute approximate surface area is 181 Å². The highest BCUT2D eigenvalue weighted by Crippen LogP contribution is 2.28. The van der Waals surface area contributed by atoms with E-state index in [4.69, 9.17) is 23.7 Å². The molecule has 0 spiro atoms. The Hall–Kier alpha value is -2.69. The monoisotopic (exact) mass is 445 g/mol. The first kappa shape index (κ1) is 26.3. The second kappa shape index (κ2) is 12.9. The number of carbonyl (C=O) groups is 5. The summed E-state index contributed by atoms with van der Waals surface area (Å²) >= 11 is 0. The predicted octanol–water partition coefficient (Wildman–Crippen LogP) is 0.766. The van der Waals surface area contributed by atoms with Crippen molar-refractivity contribution in [2.24, 2.45) is 0 Å². The molecule has 1 aliphatic heterocycles. The molecule has 11 nitrogen and oxygen atoms in total. The van der Waals surface area contributed by atoms with Crippen molar-refractivity contribution in [3.63, 3.8) is 0 Å². The van der Waals surface area contributed by atoms with Gasteiger partial charge in [0.25, 0.3) is 0 Å². The molecule has 1 fully saturated rings. The van der Waals surface area contributed by atoms with Crippen LogP contribution >= 0.6 is 0 Å². The van der Waals surface area contributed by atoms with Crippen LogP contribution in [0, 0.1) is 0 Å². The van der Waals surface area contributed by atoms with E-state index in [0.29, 0.717) is 0 Å². The maximum Gasteiger partial charge on any atom is 0.307 e. The van der Waals surface area contributed by atoms with E-state index in [1.54, 1.807) is 27.7 Å². The number of carbonyl (C=O) groups excluding carboxylic acids is 5. The zero-order valence-electron chi connectivity index (χ0n) is 18.5. The molecule has 1 rings (SSSR count). The van der Waals surface area contributed by atoms with E-state index in [1.807, 2.05) is 0 Å². The van der Waals surface area contributed by atoms with Gasteiger partial charge in [-0.2, -0.15) is 0 Å². The van der Waals surface area contributed by atoms with Gasteiger partial charge in [0, 0.05) is 32.6 Å². The van der Waals surface area contributed by atoms with Gasteiger partial charge < -0.3 is 29.0 Å². The highest BCUT2D eigenvalue weighted by Gasteiger charge is 2.52. The van der Waals surface area contributed by atoms with Crippen LogP contribution in [-0.4, -0.2) is 67.0 Å². The molecular weight excluding hydrogens is 414 g/mol. The van der Waals surface area contributed by atoms with E-state index < -0.39 is 60.4 Å². The van der Waals surface area contributed by atoms with Gasteiger partial charge in [-0.05, 0) is 0 Å². The van der Waals surface area contributed by atoms with Gasteiger partial charge in [-0.1, -0.05) is 27.7 Å². The lowest BCUT2D eigenvalue weighted by atomic mass is 9.96. The molecule has 31 heavy (non-hydrogen) atoms. The number of amides is 1. The summed E-state index contributed by atoms with van der Waals surface area (Å²) in [7, 11) is 0. The van der Waals surface area contributed by atoms with Gasteiger partial charge in [0.05, 0.1) is 0 Å². The highest BCUT2D eigenvalue weighted by molar-refractivity contribution is 5.74. The molecule has 0 aromatic rings. The van der Waals surface area contributed by atoms with Crippen LogP contribution in [0.15, 0.2) is 0 Å². The summed E-state index contributed by atoms with van der Waals surface area (Å²) < 4.78 is 27.1. The minimum atomic E-state index is -1.37. The fourth-order valence-electron chi connectivity index (χ4n) is 2.77. The predicted molar refractivity (Wildman–Crippen MR) is 104 cm³/mol. The van der Waals surface area contributed by atoms with Gasteiger partial charge in [0.15, 0.2) is 12.2 Å². The number of nitrogens with one attached hydrogen (secondary N) is 1.